The molecule has 1 heterocycles. The molecule has 4 rings (SSSR count). The van der Waals surface area contributed by atoms with E-state index in [0.29, 0.717) is 18.7 Å². The third-order valence-corrected chi connectivity index (χ3v) is 7.16. The average molecular weight is 430 g/mol. The van der Waals surface area contributed by atoms with Crippen LogP contribution in [0.25, 0.3) is 0 Å². The van der Waals surface area contributed by atoms with E-state index in [0.717, 1.165) is 11.3 Å². The Labute approximate surface area is 192 Å². The molecule has 0 saturated heterocycles. The zero-order valence-electron chi connectivity index (χ0n) is 20.3. The summed E-state index contributed by atoms with van der Waals surface area (Å²) in [5.74, 6) is 1.14. The van der Waals surface area contributed by atoms with Crippen molar-refractivity contribution in [2.75, 3.05) is 7.05 Å². The molecule has 0 spiro atoms. The first-order chi connectivity index (χ1) is 15.1. The largest absolute Gasteiger partial charge is 0.456 e. The van der Waals surface area contributed by atoms with E-state index in [9.17, 15) is 4.79 Å². The summed E-state index contributed by atoms with van der Waals surface area (Å²) >= 11 is 0. The van der Waals surface area contributed by atoms with Crippen LogP contribution in [0.5, 0.6) is 0 Å². The standard InChI is InChI=1S/C29H35NO2/c1-20-16-24-25(29(4,5)15-14-28(24,2)3)18-22(20)17-23-12-13-26(32-23)27(31)30(6)19-21-10-8-7-9-11-21/h7-13,16,18H,14-15,17,19H2,1-6H3. The molecule has 3 aromatic rings. The van der Waals surface area contributed by atoms with Crippen LogP contribution in [-0.2, 0) is 23.8 Å². The van der Waals surface area contributed by atoms with Crippen LogP contribution in [0.2, 0.25) is 0 Å². The summed E-state index contributed by atoms with van der Waals surface area (Å²) in [6.45, 7) is 12.2. The van der Waals surface area contributed by atoms with Gasteiger partial charge in [0.15, 0.2) is 5.76 Å². The van der Waals surface area contributed by atoms with E-state index in [1.54, 1.807) is 11.0 Å². The topological polar surface area (TPSA) is 33.5 Å². The Balaban J connectivity index is 1.54. The molecule has 3 nitrogen and oxygen atoms in total. The first kappa shape index (κ1) is 22.4. The molecule has 0 unspecified atom stereocenters. The van der Waals surface area contributed by atoms with Gasteiger partial charge in [-0.05, 0) is 70.5 Å². The van der Waals surface area contributed by atoms with Gasteiger partial charge in [0.25, 0.3) is 5.91 Å². The summed E-state index contributed by atoms with van der Waals surface area (Å²) in [5.41, 5.74) is 7.00. The number of fused-ring (bicyclic) bond motifs is 1. The Morgan fingerprint density at radius 1 is 0.938 bits per heavy atom. The fraction of sp³-hybridized carbons (Fsp3) is 0.414. The lowest BCUT2D eigenvalue weighted by molar-refractivity contribution is 0.0751. The minimum atomic E-state index is -0.0925. The van der Waals surface area contributed by atoms with Gasteiger partial charge in [-0.2, -0.15) is 0 Å². The number of rotatable bonds is 5. The van der Waals surface area contributed by atoms with Gasteiger partial charge in [0.2, 0.25) is 0 Å². The number of carbonyl (C=O) groups excluding carboxylic acids is 1. The van der Waals surface area contributed by atoms with E-state index in [1.807, 2.05) is 43.4 Å². The van der Waals surface area contributed by atoms with Gasteiger partial charge in [-0.3, -0.25) is 4.79 Å². The van der Waals surface area contributed by atoms with E-state index < -0.39 is 0 Å². The van der Waals surface area contributed by atoms with E-state index in [4.69, 9.17) is 4.42 Å². The van der Waals surface area contributed by atoms with Crippen molar-refractivity contribution in [3.8, 4) is 0 Å². The van der Waals surface area contributed by atoms with Crippen LogP contribution in [0.4, 0.5) is 0 Å². The molecular formula is C29H35NO2. The van der Waals surface area contributed by atoms with Crippen molar-refractivity contribution in [3.63, 3.8) is 0 Å². The predicted molar refractivity (Wildman–Crippen MR) is 130 cm³/mol. The maximum atomic E-state index is 12.9. The number of nitrogens with zero attached hydrogens (tertiary/aromatic N) is 1. The highest BCUT2D eigenvalue weighted by Gasteiger charge is 2.37. The lowest BCUT2D eigenvalue weighted by Crippen LogP contribution is -2.34. The highest BCUT2D eigenvalue weighted by molar-refractivity contribution is 5.91. The molecule has 1 aliphatic carbocycles. The lowest BCUT2D eigenvalue weighted by atomic mass is 9.62. The number of hydrogen-bond acceptors (Lipinski definition) is 2. The van der Waals surface area contributed by atoms with Gasteiger partial charge in [-0.15, -0.1) is 0 Å². The fourth-order valence-corrected chi connectivity index (χ4v) is 4.85. The van der Waals surface area contributed by atoms with E-state index in [2.05, 4.69) is 46.8 Å². The van der Waals surface area contributed by atoms with Gasteiger partial charge in [0, 0.05) is 20.0 Å². The van der Waals surface area contributed by atoms with Crippen LogP contribution >= 0.6 is 0 Å². The molecule has 0 saturated carbocycles. The van der Waals surface area contributed by atoms with Gasteiger partial charge >= 0.3 is 0 Å². The Bertz CT molecular complexity index is 1120. The molecule has 2 aromatic carbocycles. The lowest BCUT2D eigenvalue weighted by Gasteiger charge is -2.42. The zero-order valence-corrected chi connectivity index (χ0v) is 20.3. The molecule has 168 valence electrons. The summed E-state index contributed by atoms with van der Waals surface area (Å²) in [7, 11) is 1.81. The maximum absolute atomic E-state index is 12.9. The van der Waals surface area contributed by atoms with Crippen LogP contribution in [0.1, 0.15) is 84.7 Å². The van der Waals surface area contributed by atoms with Gasteiger partial charge in [0.05, 0.1) is 0 Å². The molecule has 1 amide bonds. The molecule has 0 aliphatic heterocycles. The number of carbonyl (C=O) groups is 1. The monoisotopic (exact) mass is 429 g/mol. The number of furan rings is 1. The SMILES string of the molecule is Cc1cc2c(cc1Cc1ccc(C(=O)N(C)Cc3ccccc3)o1)C(C)(C)CCC2(C)C. The maximum Gasteiger partial charge on any atom is 0.289 e. The normalized spacial score (nSPS) is 16.4. The molecular weight excluding hydrogens is 394 g/mol. The molecule has 0 bridgehead atoms. The third-order valence-electron chi connectivity index (χ3n) is 7.16. The fourth-order valence-electron chi connectivity index (χ4n) is 4.85. The van der Waals surface area contributed by atoms with Crippen molar-refractivity contribution in [2.24, 2.45) is 0 Å². The molecule has 1 aliphatic rings. The minimum Gasteiger partial charge on any atom is -0.456 e. The molecule has 0 radical (unpaired) electrons. The van der Waals surface area contributed by atoms with E-state index in [1.165, 1.54) is 35.1 Å². The third kappa shape index (κ3) is 4.39. The average Bonchev–Trinajstić information content (AvgIpc) is 3.21. The van der Waals surface area contributed by atoms with Crippen LogP contribution in [-0.4, -0.2) is 17.9 Å². The number of aryl methyl sites for hydroxylation is 1. The zero-order chi connectivity index (χ0) is 23.1. The minimum absolute atomic E-state index is 0.0925. The smallest absolute Gasteiger partial charge is 0.289 e. The van der Waals surface area contributed by atoms with Gasteiger partial charge in [-0.25, -0.2) is 0 Å². The Morgan fingerprint density at radius 2 is 1.56 bits per heavy atom. The number of benzene rings is 2. The molecule has 0 N–H and O–H groups in total. The summed E-state index contributed by atoms with van der Waals surface area (Å²) < 4.78 is 6.01. The van der Waals surface area contributed by atoms with E-state index in [-0.39, 0.29) is 16.7 Å². The Hall–Kier alpha value is -2.81. The molecule has 3 heteroatoms. The van der Waals surface area contributed by atoms with Crippen molar-refractivity contribution in [2.45, 2.75) is 71.3 Å². The highest BCUT2D eigenvalue weighted by Crippen LogP contribution is 2.46. The predicted octanol–water partition coefficient (Wildman–Crippen LogP) is 6.80. The Kier molecular flexibility index (Phi) is 5.79. The highest BCUT2D eigenvalue weighted by atomic mass is 16.4. The van der Waals surface area contributed by atoms with Crippen LogP contribution in [0.15, 0.2) is 59.0 Å². The van der Waals surface area contributed by atoms with Crippen LogP contribution < -0.4 is 0 Å². The first-order valence-corrected chi connectivity index (χ1v) is 11.6. The second kappa shape index (κ2) is 8.27. The van der Waals surface area contributed by atoms with Crippen molar-refractivity contribution >= 4 is 5.91 Å². The van der Waals surface area contributed by atoms with E-state index >= 15 is 0 Å². The van der Waals surface area contributed by atoms with Gasteiger partial charge in [0.1, 0.15) is 5.76 Å². The van der Waals surface area contributed by atoms with Crippen LogP contribution in [0.3, 0.4) is 0 Å². The summed E-state index contributed by atoms with van der Waals surface area (Å²) in [4.78, 5) is 14.6. The van der Waals surface area contributed by atoms with Crippen molar-refractivity contribution in [3.05, 3.63) is 93.9 Å². The van der Waals surface area contributed by atoms with Crippen LogP contribution in [0, 0.1) is 6.92 Å². The number of amides is 1. The summed E-state index contributed by atoms with van der Waals surface area (Å²) in [5, 5.41) is 0. The summed E-state index contributed by atoms with van der Waals surface area (Å²) in [6.07, 6.45) is 3.11. The Morgan fingerprint density at radius 3 is 2.22 bits per heavy atom. The molecule has 32 heavy (non-hydrogen) atoms. The van der Waals surface area contributed by atoms with Crippen molar-refractivity contribution in [1.82, 2.24) is 4.90 Å². The number of hydrogen-bond donors (Lipinski definition) is 0. The summed E-state index contributed by atoms with van der Waals surface area (Å²) in [6, 6.07) is 18.5. The first-order valence-electron chi connectivity index (χ1n) is 11.6. The quantitative estimate of drug-likeness (QED) is 0.447. The van der Waals surface area contributed by atoms with Gasteiger partial charge in [-0.1, -0.05) is 70.2 Å². The van der Waals surface area contributed by atoms with Gasteiger partial charge < -0.3 is 9.32 Å². The second-order valence-electron chi connectivity index (χ2n) is 10.7. The molecule has 0 atom stereocenters. The van der Waals surface area contributed by atoms with Crippen molar-refractivity contribution in [1.29, 1.82) is 0 Å². The van der Waals surface area contributed by atoms with Crippen molar-refractivity contribution < 1.29 is 9.21 Å². The second-order valence-corrected chi connectivity index (χ2v) is 10.7. The molecule has 1 aromatic heterocycles. The molecule has 0 fully saturated rings.